The Morgan fingerprint density at radius 2 is 2.42 bits per heavy atom. The highest BCUT2D eigenvalue weighted by Crippen LogP contribution is 2.25. The van der Waals surface area contributed by atoms with Crippen LogP contribution in [0.4, 0.5) is 0 Å². The van der Waals surface area contributed by atoms with Crippen molar-refractivity contribution in [2.45, 2.75) is 11.6 Å². The zero-order chi connectivity index (χ0) is 8.43. The largest absolute Gasteiger partial charge is 0.479 e. The number of thioether (sulfide) groups is 1. The van der Waals surface area contributed by atoms with Crippen LogP contribution in [0.2, 0.25) is 0 Å². The molecule has 0 amide bonds. The van der Waals surface area contributed by atoms with Crippen LogP contribution in [0.5, 0.6) is 0 Å². The van der Waals surface area contributed by atoms with E-state index < -0.39 is 12.1 Å². The van der Waals surface area contributed by atoms with Crippen molar-refractivity contribution in [3.63, 3.8) is 0 Å². The highest BCUT2D eigenvalue weighted by atomic mass is 32.2. The minimum absolute atomic E-state index is 0. The number of carboxylic acid groups (broad SMARTS) is 1. The van der Waals surface area contributed by atoms with E-state index in [4.69, 9.17) is 15.9 Å². The van der Waals surface area contributed by atoms with E-state index >= 15 is 0 Å². The molecule has 0 saturated heterocycles. The number of carbonyl (C=O) groups is 1. The van der Waals surface area contributed by atoms with Gasteiger partial charge in [0.05, 0.1) is 0 Å². The Morgan fingerprint density at radius 3 is 2.75 bits per heavy atom. The number of rotatable bonds is 2. The molecule has 0 fully saturated rings. The fourth-order valence-corrected chi connectivity index (χ4v) is 1.44. The lowest BCUT2D eigenvalue weighted by Crippen LogP contribution is -2.26. The lowest BCUT2D eigenvalue weighted by atomic mass is 10.3. The fourth-order valence-electron chi connectivity index (χ4n) is 0.644. The normalized spacial score (nSPS) is 23.5. The van der Waals surface area contributed by atoms with Gasteiger partial charge < -0.3 is 26.7 Å². The second-order valence-corrected chi connectivity index (χ2v) is 3.21. The lowest BCUT2D eigenvalue weighted by molar-refractivity contribution is -0.144. The number of nitrogens with one attached hydrogen (secondary N) is 1. The molecule has 70 valence electrons. The molecule has 0 aromatic heterocycles. The summed E-state index contributed by atoms with van der Waals surface area (Å²) in [5, 5.41) is 20.0. The molecule has 7 N–H and O–H groups in total. The molecule has 0 bridgehead atoms. The second-order valence-electron chi connectivity index (χ2n) is 1.99. The van der Waals surface area contributed by atoms with Gasteiger partial charge in [-0.1, -0.05) is 11.8 Å². The van der Waals surface area contributed by atoms with Crippen LogP contribution in [0, 0.1) is 0 Å². The molecule has 0 aliphatic carbocycles. The first-order chi connectivity index (χ1) is 5.11. The summed E-state index contributed by atoms with van der Waals surface area (Å²) in [5.74, 6) is -1.26. The number of hydrogen-bond donors (Lipinski definition) is 4. The van der Waals surface area contributed by atoms with Gasteiger partial charge in [0.25, 0.3) is 0 Å². The van der Waals surface area contributed by atoms with E-state index in [0.717, 1.165) is 11.8 Å². The SMILES string of the molecule is NC1NC=C(C(O)C(=O)O)S1.O. The third kappa shape index (κ3) is 2.38. The van der Waals surface area contributed by atoms with E-state index in [9.17, 15) is 4.79 Å². The first-order valence-corrected chi connectivity index (χ1v) is 3.78. The van der Waals surface area contributed by atoms with Crippen molar-refractivity contribution in [3.8, 4) is 0 Å². The van der Waals surface area contributed by atoms with E-state index in [-0.39, 0.29) is 11.0 Å². The molecule has 1 aliphatic rings. The van der Waals surface area contributed by atoms with E-state index in [2.05, 4.69) is 5.32 Å². The van der Waals surface area contributed by atoms with Gasteiger partial charge in [0, 0.05) is 11.1 Å². The highest BCUT2D eigenvalue weighted by Gasteiger charge is 2.24. The van der Waals surface area contributed by atoms with Gasteiger partial charge in [0.1, 0.15) is 5.50 Å². The monoisotopic (exact) mass is 194 g/mol. The molecular weight excluding hydrogens is 184 g/mol. The summed E-state index contributed by atoms with van der Waals surface area (Å²) < 4.78 is 0. The van der Waals surface area contributed by atoms with Crippen molar-refractivity contribution in [1.82, 2.24) is 5.32 Å². The summed E-state index contributed by atoms with van der Waals surface area (Å²) >= 11 is 1.10. The summed E-state index contributed by atoms with van der Waals surface area (Å²) in [5.41, 5.74) is 5.01. The van der Waals surface area contributed by atoms with Crippen molar-refractivity contribution >= 4 is 17.7 Å². The van der Waals surface area contributed by atoms with Gasteiger partial charge in [-0.2, -0.15) is 0 Å². The van der Waals surface area contributed by atoms with Gasteiger partial charge in [0.15, 0.2) is 6.10 Å². The van der Waals surface area contributed by atoms with Gasteiger partial charge in [-0.3, -0.25) is 0 Å². The van der Waals surface area contributed by atoms with E-state index in [0.29, 0.717) is 4.91 Å². The van der Waals surface area contributed by atoms with Gasteiger partial charge in [-0.05, 0) is 0 Å². The van der Waals surface area contributed by atoms with Crippen LogP contribution in [0.25, 0.3) is 0 Å². The van der Waals surface area contributed by atoms with Crippen LogP contribution in [0.3, 0.4) is 0 Å². The molecule has 0 aromatic rings. The average molecular weight is 194 g/mol. The molecule has 0 spiro atoms. The van der Waals surface area contributed by atoms with Crippen LogP contribution in [0.15, 0.2) is 11.1 Å². The van der Waals surface area contributed by atoms with Crippen LogP contribution in [-0.4, -0.2) is 33.3 Å². The molecule has 0 radical (unpaired) electrons. The number of aliphatic hydroxyl groups excluding tert-OH is 1. The Balaban J connectivity index is 0.00000121. The molecular formula is C5H10N2O4S. The molecule has 0 aromatic carbocycles. The highest BCUT2D eigenvalue weighted by molar-refractivity contribution is 8.03. The van der Waals surface area contributed by atoms with Crippen molar-refractivity contribution < 1.29 is 20.5 Å². The topological polar surface area (TPSA) is 127 Å². The maximum atomic E-state index is 10.2. The molecule has 7 heteroatoms. The number of aliphatic hydroxyl groups is 1. The standard InChI is InChI=1S/C5H8N2O3S.H2O/c6-5-7-1-2(11-5)3(8)4(9)10;/h1,3,5,7-8H,6H2,(H,9,10);1H2. The smallest absolute Gasteiger partial charge is 0.337 e. The predicted molar refractivity (Wildman–Crippen MR) is 44.0 cm³/mol. The minimum atomic E-state index is -1.46. The molecule has 0 saturated carbocycles. The van der Waals surface area contributed by atoms with Crippen molar-refractivity contribution in [2.75, 3.05) is 0 Å². The molecule has 1 heterocycles. The van der Waals surface area contributed by atoms with E-state index in [1.165, 1.54) is 6.20 Å². The van der Waals surface area contributed by atoms with Gasteiger partial charge in [0.2, 0.25) is 0 Å². The molecule has 6 nitrogen and oxygen atoms in total. The quantitative estimate of drug-likeness (QED) is 0.403. The van der Waals surface area contributed by atoms with Crippen molar-refractivity contribution in [2.24, 2.45) is 5.73 Å². The fraction of sp³-hybridized carbons (Fsp3) is 0.400. The summed E-state index contributed by atoms with van der Waals surface area (Å²) in [7, 11) is 0. The molecule has 12 heavy (non-hydrogen) atoms. The third-order valence-electron chi connectivity index (χ3n) is 1.16. The van der Waals surface area contributed by atoms with Gasteiger partial charge in [-0.25, -0.2) is 4.79 Å². The maximum Gasteiger partial charge on any atom is 0.337 e. The Hall–Kier alpha value is -0.760. The Morgan fingerprint density at radius 1 is 1.83 bits per heavy atom. The molecule has 2 atom stereocenters. The minimum Gasteiger partial charge on any atom is -0.479 e. The number of nitrogens with two attached hydrogens (primary N) is 1. The number of hydrogen-bond acceptors (Lipinski definition) is 5. The first-order valence-electron chi connectivity index (χ1n) is 2.90. The Bertz CT molecular complexity index is 208. The maximum absolute atomic E-state index is 10.2. The van der Waals surface area contributed by atoms with E-state index in [1.54, 1.807) is 0 Å². The van der Waals surface area contributed by atoms with Crippen LogP contribution < -0.4 is 11.1 Å². The van der Waals surface area contributed by atoms with Crippen LogP contribution in [0.1, 0.15) is 0 Å². The lowest BCUT2D eigenvalue weighted by Gasteiger charge is -2.05. The van der Waals surface area contributed by atoms with E-state index in [1.807, 2.05) is 0 Å². The summed E-state index contributed by atoms with van der Waals surface area (Å²) in [4.78, 5) is 10.6. The van der Waals surface area contributed by atoms with Crippen molar-refractivity contribution in [3.05, 3.63) is 11.1 Å². The van der Waals surface area contributed by atoms with Crippen LogP contribution in [-0.2, 0) is 4.79 Å². The zero-order valence-corrected chi connectivity index (χ0v) is 6.84. The summed E-state index contributed by atoms with van der Waals surface area (Å²) in [6.07, 6.45) is -0.0465. The molecule has 1 aliphatic heterocycles. The number of aliphatic carboxylic acids is 1. The summed E-state index contributed by atoms with van der Waals surface area (Å²) in [6, 6.07) is 0. The predicted octanol–water partition coefficient (Wildman–Crippen LogP) is -1.97. The Kier molecular flexibility index (Phi) is 4.04. The van der Waals surface area contributed by atoms with Crippen LogP contribution >= 0.6 is 11.8 Å². The number of carboxylic acids is 1. The molecule has 1 rings (SSSR count). The van der Waals surface area contributed by atoms with Crippen molar-refractivity contribution in [1.29, 1.82) is 0 Å². The second kappa shape index (κ2) is 4.31. The molecule has 2 unspecified atom stereocenters. The summed E-state index contributed by atoms with van der Waals surface area (Å²) in [6.45, 7) is 0. The third-order valence-corrected chi connectivity index (χ3v) is 2.16. The van der Waals surface area contributed by atoms with Gasteiger partial charge >= 0.3 is 5.97 Å². The zero-order valence-electron chi connectivity index (χ0n) is 6.02. The average Bonchev–Trinajstić information content (AvgIpc) is 2.34. The van der Waals surface area contributed by atoms with Gasteiger partial charge in [-0.15, -0.1) is 0 Å². The first kappa shape index (κ1) is 11.2. The Labute approximate surface area is 72.7 Å².